The van der Waals surface area contributed by atoms with E-state index in [1.54, 1.807) is 24.1 Å². The number of hydrogen-bond acceptors (Lipinski definition) is 1. The van der Waals surface area contributed by atoms with Crippen LogP contribution in [-0.4, -0.2) is 17.9 Å². The highest BCUT2D eigenvalue weighted by Gasteiger charge is 2.14. The molecule has 0 heterocycles. The first-order valence-corrected chi connectivity index (χ1v) is 6.99. The average molecular weight is 339 g/mol. The van der Waals surface area contributed by atoms with Crippen LogP contribution in [0.25, 0.3) is 0 Å². The van der Waals surface area contributed by atoms with Crippen LogP contribution in [0.1, 0.15) is 15.9 Å². The predicted molar refractivity (Wildman–Crippen MR) is 81.4 cm³/mol. The zero-order chi connectivity index (χ0) is 13.8. The molecule has 0 aliphatic rings. The molecule has 2 rings (SSSR count). The third-order valence-corrected chi connectivity index (χ3v) is 3.64. The largest absolute Gasteiger partial charge is 0.337 e. The number of hydrogen-bond donors (Lipinski definition) is 0. The molecule has 0 aliphatic carbocycles. The zero-order valence-corrected chi connectivity index (χ0v) is 12.8. The summed E-state index contributed by atoms with van der Waals surface area (Å²) in [5, 5.41) is 0.482. The van der Waals surface area contributed by atoms with Gasteiger partial charge in [-0.3, -0.25) is 4.79 Å². The van der Waals surface area contributed by atoms with Gasteiger partial charge in [-0.05, 0) is 29.8 Å². The van der Waals surface area contributed by atoms with Crippen LogP contribution in [0.4, 0.5) is 0 Å². The van der Waals surface area contributed by atoms with Crippen molar-refractivity contribution >= 4 is 33.4 Å². The molecular formula is C15H13BrClNO. The van der Waals surface area contributed by atoms with Crippen molar-refractivity contribution in [2.24, 2.45) is 0 Å². The van der Waals surface area contributed by atoms with Gasteiger partial charge in [-0.15, -0.1) is 0 Å². The van der Waals surface area contributed by atoms with Crippen LogP contribution in [-0.2, 0) is 6.54 Å². The van der Waals surface area contributed by atoms with Crippen LogP contribution in [0.2, 0.25) is 5.02 Å². The second kappa shape index (κ2) is 6.22. The van der Waals surface area contributed by atoms with Gasteiger partial charge in [0, 0.05) is 18.1 Å². The van der Waals surface area contributed by atoms with Crippen molar-refractivity contribution in [2.45, 2.75) is 6.54 Å². The standard InChI is InChI=1S/C15H13BrClNO/c1-18(10-11-6-8-12(16)9-7-11)15(19)13-4-2-3-5-14(13)17/h2-9H,10H2,1H3. The SMILES string of the molecule is CN(Cc1ccc(Br)cc1)C(=O)c1ccccc1Cl. The molecule has 2 aromatic rings. The van der Waals surface area contributed by atoms with Crippen molar-refractivity contribution in [3.05, 3.63) is 69.2 Å². The Morgan fingerprint density at radius 3 is 2.42 bits per heavy atom. The number of rotatable bonds is 3. The highest BCUT2D eigenvalue weighted by Crippen LogP contribution is 2.18. The summed E-state index contributed by atoms with van der Waals surface area (Å²) in [5.74, 6) is -0.0754. The van der Waals surface area contributed by atoms with Crippen molar-refractivity contribution in [3.63, 3.8) is 0 Å². The lowest BCUT2D eigenvalue weighted by Gasteiger charge is -2.18. The predicted octanol–water partition coefficient (Wildman–Crippen LogP) is 4.37. The maximum absolute atomic E-state index is 12.3. The van der Waals surface area contributed by atoms with Gasteiger partial charge in [-0.1, -0.05) is 51.8 Å². The summed E-state index contributed by atoms with van der Waals surface area (Å²) < 4.78 is 1.02. The fourth-order valence-corrected chi connectivity index (χ4v) is 2.26. The van der Waals surface area contributed by atoms with E-state index in [0.29, 0.717) is 17.1 Å². The molecule has 0 atom stereocenters. The summed E-state index contributed by atoms with van der Waals surface area (Å²) in [4.78, 5) is 13.9. The molecule has 0 N–H and O–H groups in total. The maximum Gasteiger partial charge on any atom is 0.255 e. The molecule has 0 bridgehead atoms. The summed E-state index contributed by atoms with van der Waals surface area (Å²) in [6.45, 7) is 0.553. The summed E-state index contributed by atoms with van der Waals surface area (Å²) in [7, 11) is 1.77. The second-order valence-electron chi connectivity index (χ2n) is 4.27. The molecule has 0 saturated heterocycles. The van der Waals surface area contributed by atoms with E-state index >= 15 is 0 Å². The fourth-order valence-electron chi connectivity index (χ4n) is 1.78. The highest BCUT2D eigenvalue weighted by molar-refractivity contribution is 9.10. The molecule has 0 unspecified atom stereocenters. The first-order valence-electron chi connectivity index (χ1n) is 5.82. The van der Waals surface area contributed by atoms with Gasteiger partial charge in [0.25, 0.3) is 5.91 Å². The number of carbonyl (C=O) groups is 1. The number of benzene rings is 2. The Kier molecular flexibility index (Phi) is 4.61. The minimum atomic E-state index is -0.0754. The van der Waals surface area contributed by atoms with Gasteiger partial charge in [0.2, 0.25) is 0 Å². The molecular weight excluding hydrogens is 326 g/mol. The molecule has 2 aromatic carbocycles. The Morgan fingerprint density at radius 1 is 1.16 bits per heavy atom. The monoisotopic (exact) mass is 337 g/mol. The van der Waals surface area contributed by atoms with Crippen LogP contribution in [0, 0.1) is 0 Å². The van der Waals surface area contributed by atoms with Crippen molar-refractivity contribution in [1.29, 1.82) is 0 Å². The van der Waals surface area contributed by atoms with Crippen LogP contribution in [0.3, 0.4) is 0 Å². The Labute approximate surface area is 126 Å². The topological polar surface area (TPSA) is 20.3 Å². The van der Waals surface area contributed by atoms with Crippen LogP contribution < -0.4 is 0 Å². The maximum atomic E-state index is 12.3. The third kappa shape index (κ3) is 3.58. The zero-order valence-electron chi connectivity index (χ0n) is 10.4. The van der Waals surface area contributed by atoms with E-state index in [2.05, 4.69) is 15.9 Å². The van der Waals surface area contributed by atoms with Gasteiger partial charge in [-0.25, -0.2) is 0 Å². The lowest BCUT2D eigenvalue weighted by molar-refractivity contribution is 0.0785. The third-order valence-electron chi connectivity index (χ3n) is 2.78. The molecule has 0 fully saturated rings. The van der Waals surface area contributed by atoms with E-state index in [-0.39, 0.29) is 5.91 Å². The lowest BCUT2D eigenvalue weighted by atomic mass is 10.1. The van der Waals surface area contributed by atoms with Gasteiger partial charge in [0.1, 0.15) is 0 Å². The van der Waals surface area contributed by atoms with Crippen molar-refractivity contribution in [1.82, 2.24) is 4.90 Å². The Bertz CT molecular complexity index is 583. The molecule has 2 nitrogen and oxygen atoms in total. The lowest BCUT2D eigenvalue weighted by Crippen LogP contribution is -2.26. The van der Waals surface area contributed by atoms with Crippen LogP contribution in [0.5, 0.6) is 0 Å². The van der Waals surface area contributed by atoms with Gasteiger partial charge < -0.3 is 4.90 Å². The summed E-state index contributed by atoms with van der Waals surface area (Å²) >= 11 is 9.42. The van der Waals surface area contributed by atoms with Crippen molar-refractivity contribution in [3.8, 4) is 0 Å². The molecule has 19 heavy (non-hydrogen) atoms. The number of nitrogens with zero attached hydrogens (tertiary/aromatic N) is 1. The summed E-state index contributed by atoms with van der Waals surface area (Å²) in [5.41, 5.74) is 1.61. The molecule has 0 saturated carbocycles. The minimum Gasteiger partial charge on any atom is -0.337 e. The van der Waals surface area contributed by atoms with Gasteiger partial charge >= 0.3 is 0 Å². The molecule has 98 valence electrons. The Morgan fingerprint density at radius 2 is 1.79 bits per heavy atom. The van der Waals surface area contributed by atoms with E-state index in [0.717, 1.165) is 10.0 Å². The average Bonchev–Trinajstić information content (AvgIpc) is 2.41. The van der Waals surface area contributed by atoms with E-state index in [1.807, 2.05) is 36.4 Å². The molecule has 0 aromatic heterocycles. The summed E-state index contributed by atoms with van der Waals surface area (Å²) in [6.07, 6.45) is 0. The number of halogens is 2. The number of amides is 1. The fraction of sp³-hybridized carbons (Fsp3) is 0.133. The van der Waals surface area contributed by atoms with E-state index in [4.69, 9.17) is 11.6 Å². The highest BCUT2D eigenvalue weighted by atomic mass is 79.9. The molecule has 0 spiro atoms. The number of carbonyl (C=O) groups excluding carboxylic acids is 1. The smallest absolute Gasteiger partial charge is 0.255 e. The second-order valence-corrected chi connectivity index (χ2v) is 5.59. The van der Waals surface area contributed by atoms with Crippen LogP contribution >= 0.6 is 27.5 Å². The van der Waals surface area contributed by atoms with Gasteiger partial charge in [0.05, 0.1) is 10.6 Å². The van der Waals surface area contributed by atoms with Crippen molar-refractivity contribution < 1.29 is 4.79 Å². The van der Waals surface area contributed by atoms with Crippen molar-refractivity contribution in [2.75, 3.05) is 7.05 Å². The van der Waals surface area contributed by atoms with E-state index in [1.165, 1.54) is 0 Å². The minimum absolute atomic E-state index is 0.0754. The molecule has 1 amide bonds. The van der Waals surface area contributed by atoms with E-state index in [9.17, 15) is 4.79 Å². The molecule has 0 aliphatic heterocycles. The normalized spacial score (nSPS) is 10.3. The Hall–Kier alpha value is -1.32. The quantitative estimate of drug-likeness (QED) is 0.813. The van der Waals surface area contributed by atoms with Gasteiger partial charge in [-0.2, -0.15) is 0 Å². The molecule has 0 radical (unpaired) electrons. The summed E-state index contributed by atoms with van der Waals surface area (Å²) in [6, 6.07) is 15.0. The first kappa shape index (κ1) is 14.1. The van der Waals surface area contributed by atoms with E-state index < -0.39 is 0 Å². The molecule has 4 heteroatoms. The van der Waals surface area contributed by atoms with Gasteiger partial charge in [0.15, 0.2) is 0 Å². The first-order chi connectivity index (χ1) is 9.08. The van der Waals surface area contributed by atoms with Crippen LogP contribution in [0.15, 0.2) is 53.0 Å². The Balaban J connectivity index is 2.12.